The lowest BCUT2D eigenvalue weighted by molar-refractivity contribution is 0.0143. The summed E-state index contributed by atoms with van der Waals surface area (Å²) in [5.74, 6) is -0.752. The van der Waals surface area contributed by atoms with Gasteiger partial charge in [0.25, 0.3) is 0 Å². The number of carbonyl (C=O) groups is 1. The SMILES string of the molecule is NC(=O)N1CC2(CCN(c3nc(OC[C@@]45CCCN4C[C@H](F)C5)nc4c(F)c(-c5ccc(F)c6sc(N)nc56)c(Cl)cc34)CC2)C1. The molecule has 2 aromatic heterocycles. The first-order valence-electron chi connectivity index (χ1n) is 15.4. The van der Waals surface area contributed by atoms with Crippen LogP contribution in [0.3, 0.4) is 0 Å². The molecule has 0 radical (unpaired) electrons. The van der Waals surface area contributed by atoms with E-state index in [-0.39, 0.29) is 49.5 Å². The highest BCUT2D eigenvalue weighted by atomic mass is 35.5. The van der Waals surface area contributed by atoms with Crippen molar-refractivity contribution in [2.75, 3.05) is 56.5 Å². The van der Waals surface area contributed by atoms with Crippen LogP contribution < -0.4 is 21.1 Å². The second-order valence-corrected chi connectivity index (χ2v) is 14.6. The maximum absolute atomic E-state index is 16.8. The van der Waals surface area contributed by atoms with Gasteiger partial charge in [0.15, 0.2) is 10.9 Å². The molecule has 4 aliphatic rings. The van der Waals surface area contributed by atoms with Gasteiger partial charge in [-0.3, -0.25) is 4.90 Å². The minimum Gasteiger partial charge on any atom is -0.461 e. The maximum atomic E-state index is 16.8. The smallest absolute Gasteiger partial charge is 0.319 e. The van der Waals surface area contributed by atoms with Crippen LogP contribution in [-0.2, 0) is 0 Å². The van der Waals surface area contributed by atoms with E-state index in [2.05, 4.69) is 19.8 Å². The lowest BCUT2D eigenvalue weighted by atomic mass is 9.72. The Hall–Kier alpha value is -3.62. The Labute approximate surface area is 271 Å². The molecule has 1 spiro atoms. The number of fused-ring (bicyclic) bond motifs is 3. The number of nitrogens with two attached hydrogens (primary N) is 2. The zero-order valence-electron chi connectivity index (χ0n) is 24.9. The second-order valence-electron chi connectivity index (χ2n) is 13.1. The Balaban J connectivity index is 1.20. The number of benzene rings is 2. The van der Waals surface area contributed by atoms with Gasteiger partial charge in [0, 0.05) is 61.1 Å². The third kappa shape index (κ3) is 4.70. The van der Waals surface area contributed by atoms with Gasteiger partial charge in [-0.2, -0.15) is 9.97 Å². The van der Waals surface area contributed by atoms with Gasteiger partial charge in [0.05, 0.1) is 20.8 Å². The topological polar surface area (TPSA) is 127 Å². The van der Waals surface area contributed by atoms with Crippen LogP contribution in [0.4, 0.5) is 28.9 Å². The third-order valence-electron chi connectivity index (χ3n) is 10.3. The van der Waals surface area contributed by atoms with Crippen LogP contribution in [0.25, 0.3) is 32.2 Å². The van der Waals surface area contributed by atoms with Crippen molar-refractivity contribution in [3.8, 4) is 17.1 Å². The maximum Gasteiger partial charge on any atom is 0.319 e. The Kier molecular flexibility index (Phi) is 6.93. The van der Waals surface area contributed by atoms with Crippen molar-refractivity contribution in [2.24, 2.45) is 11.1 Å². The van der Waals surface area contributed by atoms with E-state index >= 15 is 4.39 Å². The largest absolute Gasteiger partial charge is 0.461 e. The fraction of sp³-hybridized carbons (Fsp3) is 0.484. The first kappa shape index (κ1) is 29.8. The zero-order chi connectivity index (χ0) is 32.0. The molecule has 15 heteroatoms. The molecule has 8 rings (SSSR count). The number of urea groups is 1. The summed E-state index contributed by atoms with van der Waals surface area (Å²) < 4.78 is 52.3. The summed E-state index contributed by atoms with van der Waals surface area (Å²) in [5.41, 5.74) is 11.4. The molecule has 2 amide bonds. The fourth-order valence-electron chi connectivity index (χ4n) is 7.98. The van der Waals surface area contributed by atoms with Crippen molar-refractivity contribution in [3.05, 3.63) is 34.9 Å². The van der Waals surface area contributed by atoms with Crippen LogP contribution in [0.15, 0.2) is 18.2 Å². The summed E-state index contributed by atoms with van der Waals surface area (Å²) in [7, 11) is 0. The minimum absolute atomic E-state index is 0.000482. The number of thiazole rings is 1. The van der Waals surface area contributed by atoms with Crippen LogP contribution in [0, 0.1) is 17.0 Å². The number of likely N-dealkylation sites (tertiary alicyclic amines) is 1. The predicted octanol–water partition coefficient (Wildman–Crippen LogP) is 5.36. The molecule has 2 atom stereocenters. The molecular formula is C31H32ClF3N8O2S. The Bertz CT molecular complexity index is 1900. The van der Waals surface area contributed by atoms with Crippen LogP contribution in [0.2, 0.25) is 5.02 Å². The number of halogens is 4. The normalized spacial score (nSPS) is 24.2. The molecule has 4 aliphatic heterocycles. The Morgan fingerprint density at radius 2 is 1.89 bits per heavy atom. The number of hydrogen-bond donors (Lipinski definition) is 2. The molecule has 4 saturated heterocycles. The van der Waals surface area contributed by atoms with Crippen molar-refractivity contribution in [2.45, 2.75) is 43.8 Å². The number of hydrogen-bond acceptors (Lipinski definition) is 9. The molecule has 4 aromatic rings. The number of nitrogen functional groups attached to an aromatic ring is 1. The summed E-state index contributed by atoms with van der Waals surface area (Å²) >= 11 is 7.77. The lowest BCUT2D eigenvalue weighted by Gasteiger charge is -2.53. The molecule has 4 N–H and O–H groups in total. The zero-order valence-corrected chi connectivity index (χ0v) is 26.4. The Morgan fingerprint density at radius 3 is 2.65 bits per heavy atom. The highest BCUT2D eigenvalue weighted by Crippen LogP contribution is 2.46. The van der Waals surface area contributed by atoms with Gasteiger partial charge in [-0.05, 0) is 50.4 Å². The van der Waals surface area contributed by atoms with Crippen molar-refractivity contribution in [1.29, 1.82) is 0 Å². The molecule has 0 unspecified atom stereocenters. The minimum atomic E-state index is -0.927. The number of carbonyl (C=O) groups excluding carboxylic acids is 1. The molecule has 10 nitrogen and oxygen atoms in total. The molecule has 0 saturated carbocycles. The van der Waals surface area contributed by atoms with E-state index < -0.39 is 29.4 Å². The fourth-order valence-corrected chi connectivity index (χ4v) is 9.04. The van der Waals surface area contributed by atoms with Gasteiger partial charge < -0.3 is 26.0 Å². The third-order valence-corrected chi connectivity index (χ3v) is 11.5. The Morgan fingerprint density at radius 1 is 1.11 bits per heavy atom. The number of aromatic nitrogens is 3. The average Bonchev–Trinajstić information content (AvgIpc) is 3.67. The molecule has 2 aromatic carbocycles. The summed E-state index contributed by atoms with van der Waals surface area (Å²) in [4.78, 5) is 31.1. The highest BCUT2D eigenvalue weighted by Gasteiger charge is 2.50. The molecular weight excluding hydrogens is 641 g/mol. The number of amides is 2. The molecule has 0 bridgehead atoms. The molecule has 46 heavy (non-hydrogen) atoms. The van der Waals surface area contributed by atoms with Gasteiger partial charge in [0.2, 0.25) is 0 Å². The van der Waals surface area contributed by atoms with Crippen LogP contribution in [0.1, 0.15) is 32.1 Å². The van der Waals surface area contributed by atoms with Gasteiger partial charge in [0.1, 0.15) is 29.9 Å². The first-order valence-corrected chi connectivity index (χ1v) is 16.6. The molecule has 6 heterocycles. The summed E-state index contributed by atoms with van der Waals surface area (Å²) in [6, 6.07) is 3.88. The van der Waals surface area contributed by atoms with E-state index in [9.17, 15) is 13.6 Å². The predicted molar refractivity (Wildman–Crippen MR) is 171 cm³/mol. The van der Waals surface area contributed by atoms with Crippen LogP contribution >= 0.6 is 22.9 Å². The molecule has 242 valence electrons. The van der Waals surface area contributed by atoms with Crippen LogP contribution in [0.5, 0.6) is 6.01 Å². The van der Waals surface area contributed by atoms with Gasteiger partial charge in [-0.15, -0.1) is 0 Å². The van der Waals surface area contributed by atoms with E-state index in [0.717, 1.165) is 43.6 Å². The second kappa shape index (κ2) is 10.7. The lowest BCUT2D eigenvalue weighted by Crippen LogP contribution is -2.63. The number of nitrogens with zero attached hydrogens (tertiary/aromatic N) is 6. The van der Waals surface area contributed by atoms with Crippen LogP contribution in [-0.4, -0.2) is 88.4 Å². The van der Waals surface area contributed by atoms with Gasteiger partial charge >= 0.3 is 12.0 Å². The number of alkyl halides is 1. The highest BCUT2D eigenvalue weighted by molar-refractivity contribution is 7.22. The molecule has 0 aliphatic carbocycles. The summed E-state index contributed by atoms with van der Waals surface area (Å²) in [6.07, 6.45) is 2.78. The first-order chi connectivity index (χ1) is 22.0. The van der Waals surface area contributed by atoms with E-state index in [1.165, 1.54) is 12.1 Å². The van der Waals surface area contributed by atoms with Gasteiger partial charge in [-0.1, -0.05) is 22.9 Å². The number of piperidine rings is 1. The van der Waals surface area contributed by atoms with Gasteiger partial charge in [-0.25, -0.2) is 22.9 Å². The van der Waals surface area contributed by atoms with E-state index in [1.54, 1.807) is 11.0 Å². The van der Waals surface area contributed by atoms with E-state index in [1.807, 2.05) is 0 Å². The standard InChI is InChI=1S/C31H32ClF3N8O2S/c32-19-10-18-23(22(35)21(19)17-2-3-20(34)25-24(17)38-27(36)46-25)39-29(45-15-31-4-1-7-43(31)12-16(33)11-31)40-26(18)41-8-5-30(6-9-41)13-42(14-30)28(37)44/h2-3,10,16H,1,4-9,11-15H2,(H2,36,38)(H2,37,44)/t16-,31+/m1/s1. The number of primary amides is 1. The number of rotatable bonds is 5. The van der Waals surface area contributed by atoms with Crippen molar-refractivity contribution in [3.63, 3.8) is 0 Å². The molecule has 4 fully saturated rings. The summed E-state index contributed by atoms with van der Waals surface area (Å²) in [6.45, 7) is 3.80. The average molecular weight is 673 g/mol. The van der Waals surface area contributed by atoms with E-state index in [0.29, 0.717) is 55.9 Å². The van der Waals surface area contributed by atoms with E-state index in [4.69, 9.17) is 32.8 Å². The van der Waals surface area contributed by atoms with Crippen molar-refractivity contribution < 1.29 is 22.7 Å². The number of anilines is 2. The number of ether oxygens (including phenoxy) is 1. The quantitative estimate of drug-likeness (QED) is 0.290. The van der Waals surface area contributed by atoms with Crippen molar-refractivity contribution >= 4 is 61.0 Å². The monoisotopic (exact) mass is 672 g/mol. The van der Waals surface area contributed by atoms with Crippen molar-refractivity contribution in [1.82, 2.24) is 24.8 Å². The summed E-state index contributed by atoms with van der Waals surface area (Å²) in [5, 5.41) is 0.645.